The van der Waals surface area contributed by atoms with Crippen molar-refractivity contribution in [2.24, 2.45) is 0 Å². The highest BCUT2D eigenvalue weighted by Gasteiger charge is 2.13. The van der Waals surface area contributed by atoms with Gasteiger partial charge in [0.2, 0.25) is 0 Å². The zero-order chi connectivity index (χ0) is 18.0. The Balaban J connectivity index is 1.96. The third-order valence-electron chi connectivity index (χ3n) is 4.11. The molecule has 0 bridgehead atoms. The van der Waals surface area contributed by atoms with Gasteiger partial charge in [0.25, 0.3) is 0 Å². The van der Waals surface area contributed by atoms with Crippen molar-refractivity contribution in [3.63, 3.8) is 0 Å². The van der Waals surface area contributed by atoms with Gasteiger partial charge in [0.05, 0.1) is 5.56 Å². The molecule has 0 fully saturated rings. The Labute approximate surface area is 145 Å². The molecular weight excluding hydrogens is 318 g/mol. The van der Waals surface area contributed by atoms with Crippen molar-refractivity contribution in [2.45, 2.75) is 33.3 Å². The summed E-state index contributed by atoms with van der Waals surface area (Å²) in [5.74, 6) is -0.122. The second-order valence-corrected chi connectivity index (χ2v) is 6.26. The van der Waals surface area contributed by atoms with E-state index in [1.807, 2.05) is 19.1 Å². The van der Waals surface area contributed by atoms with Crippen molar-refractivity contribution in [3.05, 3.63) is 75.4 Å². The molecule has 0 atom stereocenters. The SMILES string of the molecule is Cc1cc2oc(=O)cc(COC(=O)c3ccncc3)c2cc1C(C)C. The molecule has 3 rings (SSSR count). The lowest BCUT2D eigenvalue weighted by Gasteiger charge is -2.13. The van der Waals surface area contributed by atoms with Crippen molar-refractivity contribution in [1.29, 1.82) is 0 Å². The zero-order valence-corrected chi connectivity index (χ0v) is 14.4. The van der Waals surface area contributed by atoms with Gasteiger partial charge in [0, 0.05) is 29.4 Å². The number of nitrogens with zero attached hydrogens (tertiary/aromatic N) is 1. The van der Waals surface area contributed by atoms with Crippen LogP contribution in [0.4, 0.5) is 0 Å². The van der Waals surface area contributed by atoms with Crippen LogP contribution in [0, 0.1) is 6.92 Å². The Morgan fingerprint density at radius 1 is 1.20 bits per heavy atom. The number of hydrogen-bond donors (Lipinski definition) is 0. The van der Waals surface area contributed by atoms with Crippen LogP contribution in [-0.4, -0.2) is 11.0 Å². The van der Waals surface area contributed by atoms with E-state index >= 15 is 0 Å². The maximum atomic E-state index is 12.1. The number of pyridine rings is 1. The number of rotatable bonds is 4. The fourth-order valence-electron chi connectivity index (χ4n) is 2.85. The molecule has 0 N–H and O–H groups in total. The molecule has 25 heavy (non-hydrogen) atoms. The average molecular weight is 337 g/mol. The minimum absolute atomic E-state index is 0.00382. The number of ether oxygens (including phenoxy) is 1. The molecule has 2 heterocycles. The smallest absolute Gasteiger partial charge is 0.338 e. The van der Waals surface area contributed by atoms with E-state index < -0.39 is 11.6 Å². The molecule has 128 valence electrons. The Hall–Kier alpha value is -2.95. The molecule has 5 heteroatoms. The van der Waals surface area contributed by atoms with Gasteiger partial charge in [-0.15, -0.1) is 0 Å². The van der Waals surface area contributed by atoms with Crippen molar-refractivity contribution in [1.82, 2.24) is 4.98 Å². The van der Waals surface area contributed by atoms with Crippen LogP contribution in [0.5, 0.6) is 0 Å². The van der Waals surface area contributed by atoms with E-state index in [9.17, 15) is 9.59 Å². The topological polar surface area (TPSA) is 69.4 Å². The number of esters is 1. The quantitative estimate of drug-likeness (QED) is 0.532. The van der Waals surface area contributed by atoms with Crippen molar-refractivity contribution in [2.75, 3.05) is 0 Å². The summed E-state index contributed by atoms with van der Waals surface area (Å²) >= 11 is 0. The van der Waals surface area contributed by atoms with Crippen LogP contribution < -0.4 is 5.63 Å². The van der Waals surface area contributed by atoms with Gasteiger partial charge in [-0.2, -0.15) is 0 Å². The van der Waals surface area contributed by atoms with Gasteiger partial charge in [-0.3, -0.25) is 4.98 Å². The van der Waals surface area contributed by atoms with E-state index in [0.717, 1.165) is 10.9 Å². The van der Waals surface area contributed by atoms with Crippen molar-refractivity contribution < 1.29 is 13.9 Å². The van der Waals surface area contributed by atoms with Gasteiger partial charge in [0.15, 0.2) is 0 Å². The van der Waals surface area contributed by atoms with Crippen LogP contribution in [-0.2, 0) is 11.3 Å². The summed E-state index contributed by atoms with van der Waals surface area (Å²) in [6.45, 7) is 6.21. The lowest BCUT2D eigenvalue weighted by molar-refractivity contribution is 0.0473. The number of fused-ring (bicyclic) bond motifs is 1. The molecule has 0 unspecified atom stereocenters. The first kappa shape index (κ1) is 16.9. The molecule has 5 nitrogen and oxygen atoms in total. The van der Waals surface area contributed by atoms with Gasteiger partial charge < -0.3 is 9.15 Å². The van der Waals surface area contributed by atoms with Gasteiger partial charge in [-0.05, 0) is 48.2 Å². The molecule has 0 saturated carbocycles. The molecule has 0 aliphatic heterocycles. The number of hydrogen-bond acceptors (Lipinski definition) is 5. The normalized spacial score (nSPS) is 11.0. The van der Waals surface area contributed by atoms with Crippen LogP contribution in [0.1, 0.15) is 46.8 Å². The van der Waals surface area contributed by atoms with Gasteiger partial charge in [-0.1, -0.05) is 13.8 Å². The summed E-state index contributed by atoms with van der Waals surface area (Å²) in [6.07, 6.45) is 3.06. The second kappa shape index (κ2) is 6.89. The molecule has 3 aromatic rings. The summed E-state index contributed by atoms with van der Waals surface area (Å²) in [7, 11) is 0. The molecule has 0 aliphatic rings. The van der Waals surface area contributed by atoms with Crippen LogP contribution in [0.15, 0.2) is 51.9 Å². The lowest BCUT2D eigenvalue weighted by atomic mass is 9.95. The maximum absolute atomic E-state index is 12.1. The van der Waals surface area contributed by atoms with E-state index in [1.165, 1.54) is 24.0 Å². The summed E-state index contributed by atoms with van der Waals surface area (Å²) in [4.78, 5) is 27.8. The third-order valence-corrected chi connectivity index (χ3v) is 4.11. The molecule has 0 spiro atoms. The van der Waals surface area contributed by atoms with E-state index in [0.29, 0.717) is 22.6 Å². The number of benzene rings is 1. The lowest BCUT2D eigenvalue weighted by Crippen LogP contribution is -2.08. The van der Waals surface area contributed by atoms with Crippen LogP contribution in [0.25, 0.3) is 11.0 Å². The summed E-state index contributed by atoms with van der Waals surface area (Å²) < 4.78 is 10.7. The highest BCUT2D eigenvalue weighted by atomic mass is 16.5. The predicted molar refractivity (Wildman–Crippen MR) is 94.7 cm³/mol. The second-order valence-electron chi connectivity index (χ2n) is 6.26. The first-order valence-corrected chi connectivity index (χ1v) is 8.10. The standard InChI is InChI=1S/C20H19NO4/c1-12(2)16-10-17-15(9-19(22)25-18(17)8-13(16)3)11-24-20(23)14-4-6-21-7-5-14/h4-10,12H,11H2,1-3H3. The molecule has 0 amide bonds. The molecule has 1 aromatic carbocycles. The summed E-state index contributed by atoms with van der Waals surface area (Å²) in [5, 5.41) is 0.788. The summed E-state index contributed by atoms with van der Waals surface area (Å²) in [6, 6.07) is 8.41. The third kappa shape index (κ3) is 3.60. The zero-order valence-electron chi connectivity index (χ0n) is 14.4. The fraction of sp³-hybridized carbons (Fsp3) is 0.250. The van der Waals surface area contributed by atoms with E-state index in [2.05, 4.69) is 18.8 Å². The Bertz CT molecular complexity index is 974. The summed E-state index contributed by atoms with van der Waals surface area (Å²) in [5.41, 5.74) is 3.33. The fourth-order valence-corrected chi connectivity index (χ4v) is 2.85. The Morgan fingerprint density at radius 2 is 1.92 bits per heavy atom. The van der Waals surface area contributed by atoms with Crippen LogP contribution >= 0.6 is 0 Å². The first-order valence-electron chi connectivity index (χ1n) is 8.10. The highest BCUT2D eigenvalue weighted by molar-refractivity contribution is 5.89. The largest absolute Gasteiger partial charge is 0.457 e. The molecule has 0 radical (unpaired) electrons. The van der Waals surface area contributed by atoms with E-state index in [1.54, 1.807) is 12.1 Å². The predicted octanol–water partition coefficient (Wildman–Crippen LogP) is 3.98. The Kier molecular flexibility index (Phi) is 4.65. The minimum atomic E-state index is -0.459. The minimum Gasteiger partial charge on any atom is -0.457 e. The number of aromatic nitrogens is 1. The monoisotopic (exact) mass is 337 g/mol. The van der Waals surface area contributed by atoms with Gasteiger partial charge in [0.1, 0.15) is 12.2 Å². The van der Waals surface area contributed by atoms with Gasteiger partial charge in [-0.25, -0.2) is 9.59 Å². The molecular formula is C20H19NO4. The van der Waals surface area contributed by atoms with Crippen LogP contribution in [0.3, 0.4) is 0 Å². The van der Waals surface area contributed by atoms with E-state index in [-0.39, 0.29) is 6.61 Å². The van der Waals surface area contributed by atoms with Crippen molar-refractivity contribution >= 4 is 16.9 Å². The number of aryl methyl sites for hydroxylation is 1. The first-order chi connectivity index (χ1) is 12.0. The molecule has 0 saturated heterocycles. The molecule has 0 aliphatic carbocycles. The van der Waals surface area contributed by atoms with E-state index in [4.69, 9.17) is 9.15 Å². The highest BCUT2D eigenvalue weighted by Crippen LogP contribution is 2.27. The van der Waals surface area contributed by atoms with Crippen LogP contribution in [0.2, 0.25) is 0 Å². The van der Waals surface area contributed by atoms with Gasteiger partial charge >= 0.3 is 11.6 Å². The van der Waals surface area contributed by atoms with Crippen molar-refractivity contribution in [3.8, 4) is 0 Å². The average Bonchev–Trinajstić information content (AvgIpc) is 2.59. The maximum Gasteiger partial charge on any atom is 0.338 e. The number of carbonyl (C=O) groups is 1. The number of carbonyl (C=O) groups excluding carboxylic acids is 1. The molecule has 2 aromatic heterocycles. The Morgan fingerprint density at radius 3 is 2.60 bits per heavy atom.